The number of unbranched alkanes of at least 4 members (excludes halogenated alkanes) is 1. The summed E-state index contributed by atoms with van der Waals surface area (Å²) in [5.41, 5.74) is 9.21. The number of hydrogen-bond acceptors (Lipinski definition) is 13. The first-order chi connectivity index (χ1) is 25.4. The lowest BCUT2D eigenvalue weighted by Crippen LogP contribution is -2.37. The molecule has 18 heteroatoms. The molecule has 4 N–H and O–H groups in total. The summed E-state index contributed by atoms with van der Waals surface area (Å²) in [6.07, 6.45) is -1.09. The minimum absolute atomic E-state index is 0.00809. The molecule has 0 fully saturated rings. The average Bonchev–Trinajstić information content (AvgIpc) is 3.44. The van der Waals surface area contributed by atoms with Gasteiger partial charge in [-0.2, -0.15) is 0 Å². The third kappa shape index (κ3) is 10.9. The van der Waals surface area contributed by atoms with Gasteiger partial charge in [0.25, 0.3) is 5.09 Å². The predicted octanol–water partition coefficient (Wildman–Crippen LogP) is 5.97. The Morgan fingerprint density at radius 1 is 1.04 bits per heavy atom. The van der Waals surface area contributed by atoms with E-state index in [0.717, 1.165) is 24.0 Å². The molecule has 1 unspecified atom stereocenters. The van der Waals surface area contributed by atoms with Crippen molar-refractivity contribution in [3.63, 3.8) is 0 Å². The Morgan fingerprint density at radius 2 is 1.74 bits per heavy atom. The monoisotopic (exact) mass is 751 g/mol. The van der Waals surface area contributed by atoms with Crippen molar-refractivity contribution in [2.24, 2.45) is 16.7 Å². The number of ether oxygens (including phenoxy) is 4. The summed E-state index contributed by atoms with van der Waals surface area (Å²) in [5.74, 6) is 5.51. The van der Waals surface area contributed by atoms with E-state index in [1.54, 1.807) is 41.8 Å². The number of hydrazine groups is 1. The van der Waals surface area contributed by atoms with Crippen molar-refractivity contribution in [2.75, 3.05) is 6.61 Å². The maximum absolute atomic E-state index is 13.2. The average molecular weight is 752 g/mol. The number of carbonyl (C=O) groups excluding carboxylic acids is 3. The number of amidine groups is 1. The van der Waals surface area contributed by atoms with Crippen LogP contribution in [0.15, 0.2) is 77.9 Å². The van der Waals surface area contributed by atoms with Crippen LogP contribution in [0.1, 0.15) is 66.6 Å². The molecule has 0 saturated carbocycles. The van der Waals surface area contributed by atoms with Gasteiger partial charge in [0.2, 0.25) is 6.29 Å². The van der Waals surface area contributed by atoms with Crippen LogP contribution in [0.25, 0.3) is 11.1 Å². The molecule has 0 aliphatic rings. The van der Waals surface area contributed by atoms with Crippen molar-refractivity contribution in [1.29, 1.82) is 0 Å². The number of esters is 1. The molecule has 0 bridgehead atoms. The van der Waals surface area contributed by atoms with Gasteiger partial charge in [-0.15, -0.1) is 20.3 Å². The van der Waals surface area contributed by atoms with Crippen molar-refractivity contribution >= 4 is 35.7 Å². The summed E-state index contributed by atoms with van der Waals surface area (Å²) < 4.78 is 22.0. The number of rotatable bonds is 16. The fourth-order valence-corrected chi connectivity index (χ4v) is 5.28. The first kappa shape index (κ1) is 39.6. The summed E-state index contributed by atoms with van der Waals surface area (Å²) in [6, 6.07) is 20.5. The highest BCUT2D eigenvalue weighted by atomic mass is 35.5. The minimum Gasteiger partial charge on any atom is -0.435 e. The molecule has 1 atom stereocenters. The molecule has 0 saturated heterocycles. The third-order valence-corrected chi connectivity index (χ3v) is 7.72. The standard InChI is InChI=1S/C35H38ClN7O10/c1-4-6-15-29-39-31(36)30(33(44)51-22(3)52-35(46)49-5-2)41(29)20-23-16-18-24(19-17-23)26-12-8-9-13-27(26)32(37)40-42(38)34(45)53-28-14-10-7-11-25(28)21-50-43(47)48/h7-14,16-19,22H,4-6,15,20-21,38H2,1-3H3,(H2,37,40). The molecule has 0 aliphatic heterocycles. The Kier molecular flexibility index (Phi) is 14.1. The lowest BCUT2D eigenvalue weighted by molar-refractivity contribution is -0.763. The lowest BCUT2D eigenvalue weighted by Gasteiger charge is -2.16. The van der Waals surface area contributed by atoms with Crippen LogP contribution in [0, 0.1) is 10.1 Å². The Balaban J connectivity index is 1.53. The van der Waals surface area contributed by atoms with E-state index in [0.29, 0.717) is 28.5 Å². The molecule has 0 spiro atoms. The minimum atomic E-state index is -1.24. The van der Waals surface area contributed by atoms with E-state index in [1.807, 2.05) is 37.3 Å². The van der Waals surface area contributed by atoms with E-state index in [1.165, 1.54) is 19.1 Å². The highest BCUT2D eigenvalue weighted by Crippen LogP contribution is 2.27. The molecule has 4 rings (SSSR count). The van der Waals surface area contributed by atoms with Gasteiger partial charge < -0.3 is 34.1 Å². The van der Waals surface area contributed by atoms with E-state index < -0.39 is 36.2 Å². The molecular weight excluding hydrogens is 714 g/mol. The number of carbonyl (C=O) groups is 3. The van der Waals surface area contributed by atoms with Gasteiger partial charge in [-0.1, -0.05) is 91.7 Å². The summed E-state index contributed by atoms with van der Waals surface area (Å²) in [5, 5.41) is 14.0. The van der Waals surface area contributed by atoms with Crippen LogP contribution in [0.5, 0.6) is 5.75 Å². The first-order valence-corrected chi connectivity index (χ1v) is 16.7. The van der Waals surface area contributed by atoms with Crippen LogP contribution in [0.3, 0.4) is 0 Å². The summed E-state index contributed by atoms with van der Waals surface area (Å²) in [7, 11) is 0. The number of amides is 1. The molecule has 1 heterocycles. The maximum atomic E-state index is 13.2. The van der Waals surface area contributed by atoms with Crippen LogP contribution in [0.2, 0.25) is 5.15 Å². The normalized spacial score (nSPS) is 11.7. The SMILES string of the molecule is CCCCc1nc(Cl)c(C(=O)OC(C)OC(=O)OCC)n1Cc1ccc(-c2ccccc2/C(N)=N/N(N)C(=O)Oc2ccccc2CO[N+](=O)[O-])cc1. The van der Waals surface area contributed by atoms with Gasteiger partial charge in [-0.3, -0.25) is 0 Å². The molecule has 280 valence electrons. The Bertz CT molecular complexity index is 1950. The Labute approximate surface area is 309 Å². The van der Waals surface area contributed by atoms with Crippen LogP contribution in [0.4, 0.5) is 9.59 Å². The fraction of sp³-hybridized carbons (Fsp3) is 0.286. The topological polar surface area (TPSA) is 226 Å². The van der Waals surface area contributed by atoms with Crippen molar-refractivity contribution in [3.8, 4) is 16.9 Å². The Hall–Kier alpha value is -6.20. The number of benzene rings is 3. The van der Waals surface area contributed by atoms with Gasteiger partial charge in [0.1, 0.15) is 18.2 Å². The van der Waals surface area contributed by atoms with Gasteiger partial charge in [0.05, 0.1) is 6.61 Å². The number of para-hydroxylation sites is 1. The maximum Gasteiger partial charge on any atom is 0.511 e. The van der Waals surface area contributed by atoms with Crippen LogP contribution in [-0.4, -0.2) is 56.7 Å². The second kappa shape index (κ2) is 18.9. The van der Waals surface area contributed by atoms with Gasteiger partial charge in [-0.25, -0.2) is 25.2 Å². The molecule has 1 amide bonds. The number of halogens is 1. The van der Waals surface area contributed by atoms with E-state index >= 15 is 0 Å². The molecule has 4 aromatic rings. The third-order valence-electron chi connectivity index (χ3n) is 7.46. The predicted molar refractivity (Wildman–Crippen MR) is 191 cm³/mol. The van der Waals surface area contributed by atoms with Crippen molar-refractivity contribution in [3.05, 3.63) is 116 Å². The zero-order chi connectivity index (χ0) is 38.5. The number of nitrogens with two attached hydrogens (primary N) is 2. The number of hydrazone groups is 1. The second-order valence-electron chi connectivity index (χ2n) is 11.2. The second-order valence-corrected chi connectivity index (χ2v) is 11.5. The number of aryl methyl sites for hydroxylation is 1. The van der Waals surface area contributed by atoms with Crippen molar-refractivity contribution in [2.45, 2.75) is 59.5 Å². The highest BCUT2D eigenvalue weighted by Gasteiger charge is 2.26. The van der Waals surface area contributed by atoms with Crippen molar-refractivity contribution in [1.82, 2.24) is 14.7 Å². The fourth-order valence-electron chi connectivity index (χ4n) is 5.00. The van der Waals surface area contributed by atoms with E-state index in [4.69, 9.17) is 42.1 Å². The molecule has 0 aliphatic carbocycles. The molecule has 3 aromatic carbocycles. The summed E-state index contributed by atoms with van der Waals surface area (Å²) in [6.45, 7) is 4.89. The first-order valence-electron chi connectivity index (χ1n) is 16.4. The van der Waals surface area contributed by atoms with Crippen LogP contribution in [-0.2, 0) is 38.6 Å². The zero-order valence-electron chi connectivity index (χ0n) is 29.1. The van der Waals surface area contributed by atoms with Gasteiger partial charge in [0, 0.05) is 31.0 Å². The Morgan fingerprint density at radius 3 is 2.43 bits per heavy atom. The molecule has 0 radical (unpaired) electrons. The van der Waals surface area contributed by atoms with Crippen LogP contribution >= 0.6 is 11.6 Å². The van der Waals surface area contributed by atoms with E-state index in [9.17, 15) is 24.5 Å². The number of hydrogen-bond donors (Lipinski definition) is 2. The van der Waals surface area contributed by atoms with Gasteiger partial charge >= 0.3 is 18.2 Å². The van der Waals surface area contributed by atoms with Crippen LogP contribution < -0.4 is 16.3 Å². The molecule has 53 heavy (non-hydrogen) atoms. The van der Waals surface area contributed by atoms with E-state index in [2.05, 4.69) is 14.9 Å². The van der Waals surface area contributed by atoms with Gasteiger partial charge in [-0.05, 0) is 36.1 Å². The lowest BCUT2D eigenvalue weighted by atomic mass is 9.98. The van der Waals surface area contributed by atoms with E-state index in [-0.39, 0.29) is 41.1 Å². The quantitative estimate of drug-likeness (QED) is 0.0197. The van der Waals surface area contributed by atoms with Crippen molar-refractivity contribution < 1.29 is 43.3 Å². The molecule has 17 nitrogen and oxygen atoms in total. The smallest absolute Gasteiger partial charge is 0.435 e. The number of nitrogens with zero attached hydrogens (tertiary/aromatic N) is 5. The largest absolute Gasteiger partial charge is 0.511 e. The zero-order valence-corrected chi connectivity index (χ0v) is 29.9. The van der Waals surface area contributed by atoms with Gasteiger partial charge in [0.15, 0.2) is 16.7 Å². The molecular formula is C35H38ClN7O10. The summed E-state index contributed by atoms with van der Waals surface area (Å²) >= 11 is 6.45. The number of aromatic nitrogens is 2. The summed E-state index contributed by atoms with van der Waals surface area (Å²) in [4.78, 5) is 57.1. The number of imidazole rings is 1. The molecule has 1 aromatic heterocycles. The highest BCUT2D eigenvalue weighted by molar-refractivity contribution is 6.32.